The zero-order valence-corrected chi connectivity index (χ0v) is 26.3. The molecule has 0 spiro atoms. The van der Waals surface area contributed by atoms with Crippen LogP contribution in [-0.2, 0) is 19.6 Å². The second kappa shape index (κ2) is 13.7. The Bertz CT molecular complexity index is 1640. The van der Waals surface area contributed by atoms with Crippen molar-refractivity contribution in [3.63, 3.8) is 0 Å². The Morgan fingerprint density at radius 2 is 1.79 bits per heavy atom. The van der Waals surface area contributed by atoms with Crippen molar-refractivity contribution in [2.75, 3.05) is 50.0 Å². The number of nitrogens with one attached hydrogen (secondary N) is 1. The number of sulfonamides is 1. The molecule has 42 heavy (non-hydrogen) atoms. The van der Waals surface area contributed by atoms with E-state index < -0.39 is 22.5 Å². The van der Waals surface area contributed by atoms with Crippen molar-refractivity contribution >= 4 is 61.6 Å². The highest BCUT2D eigenvalue weighted by atomic mass is 35.5. The number of hydrogen-bond acceptors (Lipinski definition) is 8. The molecule has 10 nitrogen and oxygen atoms in total. The maximum absolute atomic E-state index is 13.9. The molecule has 1 N–H and O–H groups in total. The summed E-state index contributed by atoms with van der Waals surface area (Å²) in [6.07, 6.45) is 3.42. The van der Waals surface area contributed by atoms with Crippen molar-refractivity contribution in [1.82, 2.24) is 19.7 Å². The third-order valence-corrected chi connectivity index (χ3v) is 8.68. The monoisotopic (exact) mass is 632 g/mol. The van der Waals surface area contributed by atoms with Gasteiger partial charge in [-0.05, 0) is 81.5 Å². The Kier molecular flexibility index (Phi) is 10.3. The first-order valence-electron chi connectivity index (χ1n) is 13.5. The zero-order chi connectivity index (χ0) is 30.4. The Hall–Kier alpha value is -3.38. The molecule has 0 saturated heterocycles. The van der Waals surface area contributed by atoms with E-state index in [4.69, 9.17) is 27.9 Å². The molecule has 2 aromatic heterocycles. The van der Waals surface area contributed by atoms with Crippen LogP contribution in [0.4, 0.5) is 11.5 Å². The number of aryl methyl sites for hydroxylation is 1. The van der Waals surface area contributed by atoms with E-state index >= 15 is 0 Å². The summed E-state index contributed by atoms with van der Waals surface area (Å²) in [5.41, 5.74) is 1.97. The molecule has 0 amide bonds. The van der Waals surface area contributed by atoms with E-state index in [1.165, 1.54) is 18.2 Å². The number of aromatic nitrogens is 3. The number of anilines is 2. The molecule has 2 aromatic carbocycles. The molecule has 2 heterocycles. The summed E-state index contributed by atoms with van der Waals surface area (Å²) in [6.45, 7) is 5.18. The number of ether oxygens (including phenoxy) is 1. The Labute approximate surface area is 256 Å². The van der Waals surface area contributed by atoms with Crippen LogP contribution in [0.15, 0.2) is 59.6 Å². The van der Waals surface area contributed by atoms with E-state index in [9.17, 15) is 13.2 Å². The van der Waals surface area contributed by atoms with Crippen LogP contribution in [0.2, 0.25) is 10.0 Å². The predicted molar refractivity (Wildman–Crippen MR) is 168 cm³/mol. The number of fused-ring (bicyclic) bond motifs is 1. The van der Waals surface area contributed by atoms with Gasteiger partial charge in [0.15, 0.2) is 5.82 Å². The van der Waals surface area contributed by atoms with Crippen LogP contribution in [0.1, 0.15) is 25.3 Å². The minimum atomic E-state index is -4.25. The molecule has 0 aliphatic rings. The average Bonchev–Trinajstić information content (AvgIpc) is 3.27. The lowest BCUT2D eigenvalue weighted by molar-refractivity contribution is -0.141. The molecule has 0 aliphatic heterocycles. The Balaban J connectivity index is 1.70. The fraction of sp³-hybridized carbons (Fsp3) is 0.345. The molecule has 224 valence electrons. The molecule has 0 aliphatic carbocycles. The van der Waals surface area contributed by atoms with Crippen LogP contribution in [0.25, 0.3) is 16.7 Å². The van der Waals surface area contributed by atoms with E-state index in [0.717, 1.165) is 40.3 Å². The molecule has 0 radical (unpaired) electrons. The fourth-order valence-electron chi connectivity index (χ4n) is 4.30. The molecule has 0 atom stereocenters. The summed E-state index contributed by atoms with van der Waals surface area (Å²) >= 11 is 12.3. The van der Waals surface area contributed by atoms with E-state index in [1.54, 1.807) is 18.2 Å². The Morgan fingerprint density at radius 1 is 1.05 bits per heavy atom. The van der Waals surface area contributed by atoms with Crippen LogP contribution in [-0.4, -0.2) is 74.4 Å². The molecular formula is C29H34Cl2N6O4S. The number of nitrogens with zero attached hydrogens (tertiary/aromatic N) is 5. The summed E-state index contributed by atoms with van der Waals surface area (Å²) in [7, 11) is -0.241. The van der Waals surface area contributed by atoms with Crippen molar-refractivity contribution in [3.8, 4) is 5.82 Å². The van der Waals surface area contributed by atoms with Gasteiger partial charge >= 0.3 is 5.97 Å². The normalized spacial score (nSPS) is 11.7. The van der Waals surface area contributed by atoms with Gasteiger partial charge in [-0.3, -0.25) is 13.7 Å². The molecule has 0 saturated carbocycles. The lowest BCUT2D eigenvalue weighted by Crippen LogP contribution is -2.36. The van der Waals surface area contributed by atoms with Crippen molar-refractivity contribution in [3.05, 3.63) is 70.3 Å². The fourth-order valence-corrected chi connectivity index (χ4v) is 6.42. The largest absolute Gasteiger partial charge is 0.464 e. The summed E-state index contributed by atoms with van der Waals surface area (Å²) in [5.74, 6) is 0.615. The van der Waals surface area contributed by atoms with Crippen LogP contribution >= 0.6 is 23.2 Å². The summed E-state index contributed by atoms with van der Waals surface area (Å²) < 4.78 is 35.9. The highest BCUT2D eigenvalue weighted by Crippen LogP contribution is 2.32. The van der Waals surface area contributed by atoms with Crippen LogP contribution in [0.5, 0.6) is 0 Å². The second-order valence-corrected chi connectivity index (χ2v) is 12.8. The van der Waals surface area contributed by atoms with Crippen molar-refractivity contribution < 1.29 is 17.9 Å². The van der Waals surface area contributed by atoms with Gasteiger partial charge in [-0.25, -0.2) is 8.42 Å². The maximum atomic E-state index is 13.9. The summed E-state index contributed by atoms with van der Waals surface area (Å²) in [4.78, 5) is 14.7. The van der Waals surface area contributed by atoms with E-state index in [-0.39, 0.29) is 21.5 Å². The number of benzene rings is 2. The lowest BCUT2D eigenvalue weighted by Gasteiger charge is -2.24. The van der Waals surface area contributed by atoms with E-state index in [0.29, 0.717) is 23.7 Å². The van der Waals surface area contributed by atoms with E-state index in [2.05, 4.69) is 20.4 Å². The second-order valence-electron chi connectivity index (χ2n) is 10.1. The van der Waals surface area contributed by atoms with Gasteiger partial charge in [-0.15, -0.1) is 10.2 Å². The number of carbonyl (C=O) groups is 1. The molecule has 13 heteroatoms. The number of unbranched alkanes of at least 4 members (excludes halogenated alkanes) is 1. The number of rotatable bonds is 13. The van der Waals surface area contributed by atoms with Gasteiger partial charge in [-0.1, -0.05) is 36.5 Å². The number of esters is 1. The lowest BCUT2D eigenvalue weighted by atomic mass is 10.2. The van der Waals surface area contributed by atoms with Gasteiger partial charge in [0.2, 0.25) is 0 Å². The zero-order valence-electron chi connectivity index (χ0n) is 24.0. The van der Waals surface area contributed by atoms with Crippen molar-refractivity contribution in [1.29, 1.82) is 0 Å². The summed E-state index contributed by atoms with van der Waals surface area (Å²) in [5, 5.41) is 13.0. The van der Waals surface area contributed by atoms with Crippen molar-refractivity contribution in [2.24, 2.45) is 0 Å². The minimum absolute atomic E-state index is 0.134. The van der Waals surface area contributed by atoms with Gasteiger partial charge in [0.25, 0.3) is 10.0 Å². The SMILES string of the molecule is CCCCOC(=O)CN(c1ccc2c(c1)c(C)cn2-c1ccc(NCCN(C)C)nn1)S(=O)(=O)c1cc(Cl)cc(Cl)c1. The van der Waals surface area contributed by atoms with Gasteiger partial charge in [0.05, 0.1) is 22.7 Å². The average molecular weight is 634 g/mol. The third-order valence-electron chi connectivity index (χ3n) is 6.50. The number of hydrogen-bond donors (Lipinski definition) is 1. The quantitative estimate of drug-likeness (QED) is 0.151. The van der Waals surface area contributed by atoms with Gasteiger partial charge < -0.3 is 15.0 Å². The highest BCUT2D eigenvalue weighted by molar-refractivity contribution is 7.92. The standard InChI is InChI=1S/C29H34Cl2N6O4S/c1-5-6-13-41-29(38)19-37(42(39,40)24-15-21(30)14-22(31)16-24)23-7-8-26-25(17-23)20(2)18-36(26)28-10-9-27(33-34-28)32-11-12-35(3)4/h7-10,14-18H,5-6,11-13,19H2,1-4H3,(H,32,33). The molecule has 4 aromatic rings. The molecular weight excluding hydrogens is 599 g/mol. The number of likely N-dealkylation sites (N-methyl/N-ethyl adjacent to an activating group) is 1. The Morgan fingerprint density at radius 3 is 2.43 bits per heavy atom. The first-order valence-corrected chi connectivity index (χ1v) is 15.7. The van der Waals surface area contributed by atoms with Crippen molar-refractivity contribution in [2.45, 2.75) is 31.6 Å². The molecule has 4 rings (SSSR count). The first kappa shape index (κ1) is 31.6. The van der Waals surface area contributed by atoms with Crippen LogP contribution in [0.3, 0.4) is 0 Å². The summed E-state index contributed by atoms with van der Waals surface area (Å²) in [6, 6.07) is 12.9. The smallest absolute Gasteiger partial charge is 0.326 e. The van der Waals surface area contributed by atoms with Crippen LogP contribution in [0, 0.1) is 6.92 Å². The topological polar surface area (TPSA) is 110 Å². The number of halogens is 2. The molecule has 0 bridgehead atoms. The first-order chi connectivity index (χ1) is 20.0. The minimum Gasteiger partial charge on any atom is -0.464 e. The number of carbonyl (C=O) groups excluding carboxylic acids is 1. The predicted octanol–water partition coefficient (Wildman–Crippen LogP) is 5.55. The highest BCUT2D eigenvalue weighted by Gasteiger charge is 2.29. The van der Waals surface area contributed by atoms with Gasteiger partial charge in [0.1, 0.15) is 12.4 Å². The third kappa shape index (κ3) is 7.52. The van der Waals surface area contributed by atoms with E-state index in [1.807, 2.05) is 50.8 Å². The van der Waals surface area contributed by atoms with Gasteiger partial charge in [0, 0.05) is 34.7 Å². The molecule has 0 fully saturated rings. The molecule has 0 unspecified atom stereocenters. The maximum Gasteiger partial charge on any atom is 0.326 e. The van der Waals surface area contributed by atoms with Crippen LogP contribution < -0.4 is 9.62 Å². The van der Waals surface area contributed by atoms with Gasteiger partial charge in [-0.2, -0.15) is 0 Å².